The number of ether oxygens (including phenoxy) is 1. The van der Waals surface area contributed by atoms with Gasteiger partial charge in [-0.3, -0.25) is 10.1 Å². The van der Waals surface area contributed by atoms with Crippen molar-refractivity contribution in [3.63, 3.8) is 0 Å². The first kappa shape index (κ1) is 13.5. The van der Waals surface area contributed by atoms with E-state index in [0.29, 0.717) is 21.5 Å². The van der Waals surface area contributed by atoms with Crippen LogP contribution in [0.15, 0.2) is 40.9 Å². The van der Waals surface area contributed by atoms with E-state index in [9.17, 15) is 14.5 Å². The molecule has 6 heteroatoms. The van der Waals surface area contributed by atoms with E-state index in [4.69, 9.17) is 4.74 Å². The molecule has 0 saturated heterocycles. The highest BCUT2D eigenvalue weighted by molar-refractivity contribution is 9.10. The zero-order valence-electron chi connectivity index (χ0n) is 9.89. The maximum absolute atomic E-state index is 12.9. The topological polar surface area (TPSA) is 52.4 Å². The van der Waals surface area contributed by atoms with Crippen molar-refractivity contribution >= 4 is 21.6 Å². The number of hydrogen-bond acceptors (Lipinski definition) is 3. The van der Waals surface area contributed by atoms with Gasteiger partial charge in [0.2, 0.25) is 0 Å². The van der Waals surface area contributed by atoms with Crippen molar-refractivity contribution in [3.8, 4) is 11.5 Å². The second-order valence-electron chi connectivity index (χ2n) is 3.88. The Hall–Kier alpha value is -1.95. The Labute approximate surface area is 117 Å². The van der Waals surface area contributed by atoms with Crippen molar-refractivity contribution < 1.29 is 14.1 Å². The van der Waals surface area contributed by atoms with Gasteiger partial charge in [0.05, 0.1) is 9.40 Å². The van der Waals surface area contributed by atoms with Crippen LogP contribution < -0.4 is 4.74 Å². The highest BCUT2D eigenvalue weighted by Gasteiger charge is 2.11. The predicted octanol–water partition coefficient (Wildman–Crippen LogP) is 4.60. The first-order chi connectivity index (χ1) is 8.97. The Morgan fingerprint density at radius 2 is 2.00 bits per heavy atom. The molecular formula is C13H9BrFNO3. The number of aryl methyl sites for hydroxylation is 1. The largest absolute Gasteiger partial charge is 0.456 e. The van der Waals surface area contributed by atoms with Crippen molar-refractivity contribution in [2.75, 3.05) is 0 Å². The number of nitrogens with zero attached hydrogens (tertiary/aromatic N) is 1. The molecule has 19 heavy (non-hydrogen) atoms. The van der Waals surface area contributed by atoms with Crippen molar-refractivity contribution in [1.82, 2.24) is 0 Å². The Morgan fingerprint density at radius 1 is 1.26 bits per heavy atom. The molecule has 2 aromatic rings. The van der Waals surface area contributed by atoms with Crippen LogP contribution >= 0.6 is 15.9 Å². The molecule has 0 spiro atoms. The van der Waals surface area contributed by atoms with Gasteiger partial charge in [0, 0.05) is 11.6 Å². The molecule has 0 aliphatic rings. The van der Waals surface area contributed by atoms with Crippen molar-refractivity contribution in [2.24, 2.45) is 0 Å². The third-order valence-corrected chi connectivity index (χ3v) is 3.11. The lowest BCUT2D eigenvalue weighted by Gasteiger charge is -2.08. The molecule has 0 fully saturated rings. The zero-order chi connectivity index (χ0) is 14.0. The van der Waals surface area contributed by atoms with E-state index in [0.717, 1.165) is 0 Å². The van der Waals surface area contributed by atoms with E-state index in [1.165, 1.54) is 30.3 Å². The quantitative estimate of drug-likeness (QED) is 0.612. The van der Waals surface area contributed by atoms with Crippen LogP contribution in [0.3, 0.4) is 0 Å². The van der Waals surface area contributed by atoms with E-state index >= 15 is 0 Å². The molecule has 0 heterocycles. The average Bonchev–Trinajstić information content (AvgIpc) is 2.32. The van der Waals surface area contributed by atoms with E-state index in [1.807, 2.05) is 0 Å². The molecule has 0 atom stereocenters. The summed E-state index contributed by atoms with van der Waals surface area (Å²) in [4.78, 5) is 10.2. The Morgan fingerprint density at radius 3 is 2.58 bits per heavy atom. The zero-order valence-corrected chi connectivity index (χ0v) is 11.5. The molecule has 0 saturated carbocycles. The maximum Gasteiger partial charge on any atom is 0.272 e. The van der Waals surface area contributed by atoms with E-state index in [-0.39, 0.29) is 11.5 Å². The number of nitro benzene ring substituents is 1. The van der Waals surface area contributed by atoms with Gasteiger partial charge in [-0.15, -0.1) is 0 Å². The third kappa shape index (κ3) is 3.08. The van der Waals surface area contributed by atoms with Gasteiger partial charge in [0.15, 0.2) is 0 Å². The minimum Gasteiger partial charge on any atom is -0.456 e. The summed E-state index contributed by atoms with van der Waals surface area (Å²) >= 11 is 3.19. The van der Waals surface area contributed by atoms with Crippen molar-refractivity contribution in [2.45, 2.75) is 6.92 Å². The minimum absolute atomic E-state index is 0.0329. The molecule has 4 nitrogen and oxygen atoms in total. The van der Waals surface area contributed by atoms with Gasteiger partial charge in [-0.1, -0.05) is 0 Å². The second kappa shape index (κ2) is 5.36. The van der Waals surface area contributed by atoms with Crippen molar-refractivity contribution in [1.29, 1.82) is 0 Å². The number of nitro groups is 1. The molecule has 98 valence electrons. The lowest BCUT2D eigenvalue weighted by Crippen LogP contribution is -1.93. The molecule has 0 amide bonds. The normalized spacial score (nSPS) is 10.3. The van der Waals surface area contributed by atoms with Gasteiger partial charge in [-0.05, 0) is 53.2 Å². The third-order valence-electron chi connectivity index (χ3n) is 2.49. The Balaban J connectivity index is 2.29. The molecule has 0 aliphatic heterocycles. The molecule has 0 radical (unpaired) electrons. The highest BCUT2D eigenvalue weighted by Crippen LogP contribution is 2.32. The van der Waals surface area contributed by atoms with Crippen LogP contribution in [0, 0.1) is 22.9 Å². The lowest BCUT2D eigenvalue weighted by atomic mass is 10.2. The number of hydrogen-bond donors (Lipinski definition) is 0. The predicted molar refractivity (Wildman–Crippen MR) is 72.0 cm³/mol. The van der Waals surface area contributed by atoms with Crippen molar-refractivity contribution in [3.05, 3.63) is 62.4 Å². The van der Waals surface area contributed by atoms with E-state index in [1.54, 1.807) is 13.0 Å². The smallest absolute Gasteiger partial charge is 0.272 e. The van der Waals surface area contributed by atoms with Gasteiger partial charge in [0.1, 0.15) is 17.3 Å². The first-order valence-electron chi connectivity index (χ1n) is 5.35. The number of halogens is 2. The molecule has 0 aliphatic carbocycles. The molecule has 0 bridgehead atoms. The fraction of sp³-hybridized carbons (Fsp3) is 0.0769. The first-order valence-corrected chi connectivity index (χ1v) is 6.14. The van der Waals surface area contributed by atoms with Gasteiger partial charge in [0.25, 0.3) is 5.69 Å². The van der Waals surface area contributed by atoms with Crippen LogP contribution in [-0.4, -0.2) is 4.92 Å². The van der Waals surface area contributed by atoms with Crippen LogP contribution in [0.25, 0.3) is 0 Å². The Bertz CT molecular complexity index is 646. The van der Waals surface area contributed by atoms with Crippen LogP contribution in [0.4, 0.5) is 10.1 Å². The summed E-state index contributed by atoms with van der Waals surface area (Å²) in [6.45, 7) is 1.63. The van der Waals surface area contributed by atoms with E-state index in [2.05, 4.69) is 15.9 Å². The second-order valence-corrected chi connectivity index (χ2v) is 4.74. The molecule has 0 aromatic heterocycles. The molecule has 0 N–H and O–H groups in total. The Kier molecular flexibility index (Phi) is 3.80. The highest BCUT2D eigenvalue weighted by atomic mass is 79.9. The lowest BCUT2D eigenvalue weighted by molar-refractivity contribution is -0.385. The minimum atomic E-state index is -0.451. The monoisotopic (exact) mass is 325 g/mol. The van der Waals surface area contributed by atoms with Crippen LogP contribution in [0.2, 0.25) is 0 Å². The van der Waals surface area contributed by atoms with Crippen LogP contribution in [-0.2, 0) is 0 Å². The average molecular weight is 326 g/mol. The fourth-order valence-corrected chi connectivity index (χ4v) is 2.01. The van der Waals surface area contributed by atoms with Gasteiger partial charge in [-0.2, -0.15) is 0 Å². The summed E-state index contributed by atoms with van der Waals surface area (Å²) in [5.41, 5.74) is 0.534. The molecule has 2 rings (SSSR count). The maximum atomic E-state index is 12.9. The van der Waals surface area contributed by atoms with Gasteiger partial charge < -0.3 is 4.74 Å². The van der Waals surface area contributed by atoms with Crippen LogP contribution in [0.1, 0.15) is 5.56 Å². The number of rotatable bonds is 3. The molecule has 2 aromatic carbocycles. The molecule has 0 unspecified atom stereocenters. The molecular weight excluding hydrogens is 317 g/mol. The SMILES string of the molecule is Cc1cc(Oc2ccc(F)cc2Br)ccc1[N+](=O)[O-]. The van der Waals surface area contributed by atoms with Gasteiger partial charge in [-0.25, -0.2) is 4.39 Å². The summed E-state index contributed by atoms with van der Waals surface area (Å²) in [5.74, 6) is 0.518. The standard InChI is InChI=1S/C13H9BrFNO3/c1-8-6-10(3-4-12(8)16(17)18)19-13-5-2-9(15)7-11(13)14/h2-7H,1H3. The van der Waals surface area contributed by atoms with E-state index < -0.39 is 4.92 Å². The summed E-state index contributed by atoms with van der Waals surface area (Å²) in [6, 6.07) is 8.49. The number of benzene rings is 2. The van der Waals surface area contributed by atoms with Gasteiger partial charge >= 0.3 is 0 Å². The van der Waals surface area contributed by atoms with Crippen LogP contribution in [0.5, 0.6) is 11.5 Å². The fourth-order valence-electron chi connectivity index (χ4n) is 1.58. The summed E-state index contributed by atoms with van der Waals surface area (Å²) in [7, 11) is 0. The summed E-state index contributed by atoms with van der Waals surface area (Å²) in [6.07, 6.45) is 0. The summed E-state index contributed by atoms with van der Waals surface area (Å²) < 4.78 is 19.0. The summed E-state index contributed by atoms with van der Waals surface area (Å²) in [5, 5.41) is 10.7.